The summed E-state index contributed by atoms with van der Waals surface area (Å²) in [6, 6.07) is 11.5. The van der Waals surface area contributed by atoms with Crippen LogP contribution in [0.2, 0.25) is 0 Å². The number of rotatable bonds is 4. The van der Waals surface area contributed by atoms with Crippen LogP contribution >= 0.6 is 0 Å². The summed E-state index contributed by atoms with van der Waals surface area (Å²) in [6.07, 6.45) is 1.62. The SMILES string of the molecule is NC(=O)c1nc(Nc2ccc(N3CCNCC3)cc2)nc2ncccc12. The van der Waals surface area contributed by atoms with Crippen molar-refractivity contribution in [2.24, 2.45) is 5.73 Å². The monoisotopic (exact) mass is 349 g/mol. The number of amides is 1. The van der Waals surface area contributed by atoms with Gasteiger partial charge in [-0.3, -0.25) is 4.79 Å². The Morgan fingerprint density at radius 2 is 1.88 bits per heavy atom. The fourth-order valence-corrected chi connectivity index (χ4v) is 3.01. The number of carbonyl (C=O) groups is 1. The number of pyridine rings is 1. The van der Waals surface area contributed by atoms with Gasteiger partial charge in [-0.1, -0.05) is 0 Å². The zero-order valence-corrected chi connectivity index (χ0v) is 14.1. The first-order chi connectivity index (χ1) is 12.7. The van der Waals surface area contributed by atoms with E-state index in [1.807, 2.05) is 12.1 Å². The molecule has 2 aromatic heterocycles. The van der Waals surface area contributed by atoms with Crippen molar-refractivity contribution in [3.8, 4) is 0 Å². The molecule has 4 N–H and O–H groups in total. The van der Waals surface area contributed by atoms with E-state index in [0.29, 0.717) is 17.0 Å². The minimum absolute atomic E-state index is 0.156. The molecule has 0 atom stereocenters. The van der Waals surface area contributed by atoms with Crippen molar-refractivity contribution in [2.45, 2.75) is 0 Å². The number of hydrogen-bond acceptors (Lipinski definition) is 7. The van der Waals surface area contributed by atoms with E-state index in [4.69, 9.17) is 5.73 Å². The van der Waals surface area contributed by atoms with Crippen LogP contribution in [0.4, 0.5) is 17.3 Å². The van der Waals surface area contributed by atoms with Gasteiger partial charge in [0.05, 0.1) is 5.39 Å². The van der Waals surface area contributed by atoms with Crippen molar-refractivity contribution in [3.05, 3.63) is 48.3 Å². The predicted molar refractivity (Wildman–Crippen MR) is 101 cm³/mol. The van der Waals surface area contributed by atoms with E-state index in [9.17, 15) is 4.79 Å². The number of aromatic nitrogens is 3. The maximum absolute atomic E-state index is 11.7. The first-order valence-electron chi connectivity index (χ1n) is 8.46. The van der Waals surface area contributed by atoms with Gasteiger partial charge in [0.15, 0.2) is 5.65 Å². The number of hydrogen-bond donors (Lipinski definition) is 3. The molecule has 1 amide bonds. The van der Waals surface area contributed by atoms with Gasteiger partial charge in [0.25, 0.3) is 5.91 Å². The molecule has 0 aliphatic carbocycles. The van der Waals surface area contributed by atoms with E-state index in [1.54, 1.807) is 18.3 Å². The minimum Gasteiger partial charge on any atom is -0.369 e. The predicted octanol–water partition coefficient (Wildman–Crippen LogP) is 1.28. The van der Waals surface area contributed by atoms with Crippen LogP contribution in [-0.2, 0) is 0 Å². The van der Waals surface area contributed by atoms with Gasteiger partial charge in [0.2, 0.25) is 5.95 Å². The van der Waals surface area contributed by atoms with E-state index in [1.165, 1.54) is 5.69 Å². The summed E-state index contributed by atoms with van der Waals surface area (Å²) >= 11 is 0. The molecule has 26 heavy (non-hydrogen) atoms. The quantitative estimate of drug-likeness (QED) is 0.651. The average Bonchev–Trinajstić information content (AvgIpc) is 2.68. The number of anilines is 3. The third kappa shape index (κ3) is 3.27. The number of benzene rings is 1. The fraction of sp³-hybridized carbons (Fsp3) is 0.222. The van der Waals surface area contributed by atoms with Gasteiger partial charge in [0, 0.05) is 43.8 Å². The lowest BCUT2D eigenvalue weighted by molar-refractivity contribution is 0.0997. The van der Waals surface area contributed by atoms with Gasteiger partial charge in [0.1, 0.15) is 5.69 Å². The second-order valence-electron chi connectivity index (χ2n) is 6.04. The molecule has 4 rings (SSSR count). The molecular formula is C18H19N7O. The van der Waals surface area contributed by atoms with Gasteiger partial charge in [-0.2, -0.15) is 4.98 Å². The molecule has 8 heteroatoms. The Morgan fingerprint density at radius 1 is 1.12 bits per heavy atom. The fourth-order valence-electron chi connectivity index (χ4n) is 3.01. The van der Waals surface area contributed by atoms with Crippen LogP contribution in [0.1, 0.15) is 10.5 Å². The van der Waals surface area contributed by atoms with Crippen LogP contribution in [-0.4, -0.2) is 47.0 Å². The topological polar surface area (TPSA) is 109 Å². The highest BCUT2D eigenvalue weighted by atomic mass is 16.1. The summed E-state index contributed by atoms with van der Waals surface area (Å²) < 4.78 is 0. The Morgan fingerprint density at radius 3 is 2.62 bits per heavy atom. The van der Waals surface area contributed by atoms with Crippen molar-refractivity contribution in [3.63, 3.8) is 0 Å². The molecule has 8 nitrogen and oxygen atoms in total. The lowest BCUT2D eigenvalue weighted by Crippen LogP contribution is -2.43. The summed E-state index contributed by atoms with van der Waals surface area (Å²) in [5, 5.41) is 7.01. The van der Waals surface area contributed by atoms with Gasteiger partial charge in [-0.15, -0.1) is 0 Å². The molecule has 1 aliphatic rings. The number of nitrogens with one attached hydrogen (secondary N) is 2. The summed E-state index contributed by atoms with van der Waals surface area (Å²) in [5.74, 6) is -0.317. The van der Waals surface area contributed by atoms with Crippen LogP contribution in [0, 0.1) is 0 Å². The lowest BCUT2D eigenvalue weighted by Gasteiger charge is -2.29. The van der Waals surface area contributed by atoms with E-state index in [0.717, 1.165) is 31.9 Å². The average molecular weight is 349 g/mol. The standard InChI is InChI=1S/C18H19N7O/c19-16(26)15-14-2-1-7-21-17(14)24-18(23-15)22-12-3-5-13(6-4-12)25-10-8-20-9-11-25/h1-7,20H,8-11H2,(H2,19,26)(H,21,22,23,24). The maximum Gasteiger partial charge on any atom is 0.268 e. The molecule has 1 aromatic carbocycles. The molecule has 1 fully saturated rings. The summed E-state index contributed by atoms with van der Waals surface area (Å²) in [5.41, 5.74) is 8.04. The van der Waals surface area contributed by atoms with Gasteiger partial charge >= 0.3 is 0 Å². The first kappa shape index (κ1) is 16.2. The smallest absolute Gasteiger partial charge is 0.268 e. The summed E-state index contributed by atoms with van der Waals surface area (Å²) in [7, 11) is 0. The van der Waals surface area contributed by atoms with E-state index in [2.05, 4.69) is 42.6 Å². The molecule has 3 aromatic rings. The zero-order valence-electron chi connectivity index (χ0n) is 14.1. The molecule has 1 aliphatic heterocycles. The van der Waals surface area contributed by atoms with E-state index in [-0.39, 0.29) is 5.69 Å². The highest BCUT2D eigenvalue weighted by Crippen LogP contribution is 2.22. The van der Waals surface area contributed by atoms with Gasteiger partial charge in [-0.25, -0.2) is 9.97 Å². The molecule has 1 saturated heterocycles. The van der Waals surface area contributed by atoms with Crippen molar-refractivity contribution < 1.29 is 4.79 Å². The van der Waals surface area contributed by atoms with Crippen molar-refractivity contribution in [2.75, 3.05) is 36.4 Å². The third-order valence-electron chi connectivity index (χ3n) is 4.31. The molecule has 0 unspecified atom stereocenters. The Kier molecular flexibility index (Phi) is 4.32. The van der Waals surface area contributed by atoms with Crippen LogP contribution in [0.3, 0.4) is 0 Å². The van der Waals surface area contributed by atoms with Crippen LogP contribution < -0.4 is 21.3 Å². The van der Waals surface area contributed by atoms with Crippen LogP contribution in [0.5, 0.6) is 0 Å². The zero-order chi connectivity index (χ0) is 17.9. The van der Waals surface area contributed by atoms with Crippen molar-refractivity contribution >= 4 is 34.3 Å². The van der Waals surface area contributed by atoms with E-state index < -0.39 is 5.91 Å². The molecule has 132 valence electrons. The Labute approximate surface area is 150 Å². The summed E-state index contributed by atoms with van der Waals surface area (Å²) in [4.78, 5) is 26.8. The highest BCUT2D eigenvalue weighted by Gasteiger charge is 2.13. The second-order valence-corrected chi connectivity index (χ2v) is 6.04. The highest BCUT2D eigenvalue weighted by molar-refractivity contribution is 6.03. The Balaban J connectivity index is 1.59. The number of primary amides is 1. The molecule has 0 spiro atoms. The number of carbonyl (C=O) groups excluding carboxylic acids is 1. The molecule has 0 saturated carbocycles. The number of piperazine rings is 1. The Bertz CT molecular complexity index is 936. The van der Waals surface area contributed by atoms with E-state index >= 15 is 0 Å². The van der Waals surface area contributed by atoms with Crippen LogP contribution in [0.15, 0.2) is 42.6 Å². The maximum atomic E-state index is 11.7. The Hall–Kier alpha value is -3.26. The minimum atomic E-state index is -0.609. The molecule has 0 radical (unpaired) electrons. The number of nitrogens with two attached hydrogens (primary N) is 1. The normalized spacial score (nSPS) is 14.4. The lowest BCUT2D eigenvalue weighted by atomic mass is 10.2. The van der Waals surface area contributed by atoms with Crippen LogP contribution in [0.25, 0.3) is 11.0 Å². The number of fused-ring (bicyclic) bond motifs is 1. The van der Waals surface area contributed by atoms with Crippen molar-refractivity contribution in [1.82, 2.24) is 20.3 Å². The molecule has 3 heterocycles. The molecular weight excluding hydrogens is 330 g/mol. The van der Waals surface area contributed by atoms with Gasteiger partial charge < -0.3 is 21.3 Å². The third-order valence-corrected chi connectivity index (χ3v) is 4.31. The molecule has 0 bridgehead atoms. The second kappa shape index (κ2) is 6.93. The largest absolute Gasteiger partial charge is 0.369 e. The van der Waals surface area contributed by atoms with Crippen molar-refractivity contribution in [1.29, 1.82) is 0 Å². The summed E-state index contributed by atoms with van der Waals surface area (Å²) in [6.45, 7) is 3.98. The first-order valence-corrected chi connectivity index (χ1v) is 8.46. The number of nitrogens with zero attached hydrogens (tertiary/aromatic N) is 4. The van der Waals surface area contributed by atoms with Gasteiger partial charge in [-0.05, 0) is 36.4 Å².